The summed E-state index contributed by atoms with van der Waals surface area (Å²) in [6.45, 7) is 2.14. The second kappa shape index (κ2) is 6.11. The van der Waals surface area contributed by atoms with Gasteiger partial charge in [-0.2, -0.15) is 0 Å². The van der Waals surface area contributed by atoms with Crippen LogP contribution in [0.15, 0.2) is 95.5 Å². The van der Waals surface area contributed by atoms with Crippen molar-refractivity contribution in [3.63, 3.8) is 0 Å². The molecule has 0 aliphatic heterocycles. The van der Waals surface area contributed by atoms with Crippen LogP contribution < -0.4 is 0 Å². The lowest BCUT2D eigenvalue weighted by Crippen LogP contribution is -1.84. The van der Waals surface area contributed by atoms with Crippen molar-refractivity contribution in [1.82, 2.24) is 4.98 Å². The summed E-state index contributed by atoms with van der Waals surface area (Å²) in [4.78, 5) is 3.45. The van der Waals surface area contributed by atoms with E-state index in [0.29, 0.717) is 0 Å². The molecule has 2 heteroatoms. The van der Waals surface area contributed by atoms with Gasteiger partial charge in [0.25, 0.3) is 0 Å². The van der Waals surface area contributed by atoms with Crippen molar-refractivity contribution in [2.24, 2.45) is 0 Å². The van der Waals surface area contributed by atoms with Crippen molar-refractivity contribution in [1.29, 1.82) is 0 Å². The van der Waals surface area contributed by atoms with E-state index in [1.165, 1.54) is 44.1 Å². The number of para-hydroxylation sites is 2. The summed E-state index contributed by atoms with van der Waals surface area (Å²) < 4.78 is 6.08. The molecule has 29 heavy (non-hydrogen) atoms. The molecule has 0 aliphatic rings. The van der Waals surface area contributed by atoms with Gasteiger partial charge >= 0.3 is 0 Å². The topological polar surface area (TPSA) is 28.9 Å². The molecule has 0 saturated carbocycles. The van der Waals surface area contributed by atoms with Crippen LogP contribution in [0, 0.1) is 6.92 Å². The number of hydrogen-bond acceptors (Lipinski definition) is 1. The van der Waals surface area contributed by atoms with E-state index in [-0.39, 0.29) is 0 Å². The van der Waals surface area contributed by atoms with Crippen molar-refractivity contribution < 1.29 is 4.42 Å². The number of aromatic amines is 1. The van der Waals surface area contributed by atoms with Gasteiger partial charge in [0, 0.05) is 27.9 Å². The van der Waals surface area contributed by atoms with Crippen molar-refractivity contribution in [2.45, 2.75) is 6.92 Å². The number of benzene rings is 4. The highest BCUT2D eigenvalue weighted by atomic mass is 16.3. The SMILES string of the molecule is Cc1c[nH]c2c(-c3cccc(-c4cccc5oc6ccccc6c45)c3)cccc12. The Morgan fingerprint density at radius 3 is 2.28 bits per heavy atom. The smallest absolute Gasteiger partial charge is 0.136 e. The number of nitrogens with one attached hydrogen (secondary N) is 1. The average molecular weight is 373 g/mol. The molecule has 0 radical (unpaired) electrons. The van der Waals surface area contributed by atoms with Crippen LogP contribution >= 0.6 is 0 Å². The Balaban J connectivity index is 1.60. The molecule has 0 bridgehead atoms. The van der Waals surface area contributed by atoms with Gasteiger partial charge in [-0.25, -0.2) is 0 Å². The first-order valence-electron chi connectivity index (χ1n) is 9.87. The fourth-order valence-corrected chi connectivity index (χ4v) is 4.40. The van der Waals surface area contributed by atoms with Crippen LogP contribution in [0.25, 0.3) is 55.1 Å². The molecule has 0 fully saturated rings. The predicted octanol–water partition coefficient (Wildman–Crippen LogP) is 7.71. The van der Waals surface area contributed by atoms with Gasteiger partial charge in [-0.1, -0.05) is 66.7 Å². The maximum absolute atomic E-state index is 6.08. The Labute approximate surface area is 168 Å². The second-order valence-corrected chi connectivity index (χ2v) is 7.56. The van der Waals surface area contributed by atoms with Gasteiger partial charge in [-0.3, -0.25) is 0 Å². The molecule has 0 atom stereocenters. The molecule has 6 rings (SSSR count). The molecule has 4 aromatic carbocycles. The van der Waals surface area contributed by atoms with Gasteiger partial charge in [0.2, 0.25) is 0 Å². The fourth-order valence-electron chi connectivity index (χ4n) is 4.40. The molecule has 0 unspecified atom stereocenters. The Bertz CT molecular complexity index is 1520. The highest BCUT2D eigenvalue weighted by Crippen LogP contribution is 2.38. The fraction of sp³-hybridized carbons (Fsp3) is 0.0370. The minimum absolute atomic E-state index is 0.927. The summed E-state index contributed by atoms with van der Waals surface area (Å²) in [5, 5.41) is 3.61. The molecule has 0 amide bonds. The maximum Gasteiger partial charge on any atom is 0.136 e. The first-order chi connectivity index (χ1) is 14.3. The zero-order chi connectivity index (χ0) is 19.4. The Hall–Kier alpha value is -3.78. The lowest BCUT2D eigenvalue weighted by atomic mass is 9.95. The predicted molar refractivity (Wildman–Crippen MR) is 121 cm³/mol. The zero-order valence-corrected chi connectivity index (χ0v) is 16.1. The number of rotatable bonds is 2. The van der Waals surface area contributed by atoms with Crippen LogP contribution in [0.4, 0.5) is 0 Å². The van der Waals surface area contributed by atoms with E-state index in [1.807, 2.05) is 18.2 Å². The van der Waals surface area contributed by atoms with Crippen LogP contribution in [-0.2, 0) is 0 Å². The summed E-state index contributed by atoms with van der Waals surface area (Å²) in [6.07, 6.45) is 2.08. The van der Waals surface area contributed by atoms with Gasteiger partial charge in [0.1, 0.15) is 11.2 Å². The van der Waals surface area contributed by atoms with Crippen LogP contribution in [0.3, 0.4) is 0 Å². The maximum atomic E-state index is 6.08. The van der Waals surface area contributed by atoms with Gasteiger partial charge in [0.05, 0.1) is 5.52 Å². The standard InChI is InChI=1S/C27H19NO/c1-17-16-28-27-20(17)10-5-12-22(27)19-8-4-7-18(15-19)21-11-6-14-25-26(21)23-9-2-3-13-24(23)29-25/h2-16,28H,1H3. The lowest BCUT2D eigenvalue weighted by molar-refractivity contribution is 0.669. The number of furan rings is 1. The van der Waals surface area contributed by atoms with E-state index in [0.717, 1.165) is 16.6 Å². The molecule has 0 aliphatic carbocycles. The van der Waals surface area contributed by atoms with Crippen molar-refractivity contribution in [3.8, 4) is 22.3 Å². The van der Waals surface area contributed by atoms with E-state index >= 15 is 0 Å². The third-order valence-electron chi connectivity index (χ3n) is 5.81. The molecule has 2 heterocycles. The average Bonchev–Trinajstić information content (AvgIpc) is 3.34. The first-order valence-corrected chi connectivity index (χ1v) is 9.87. The van der Waals surface area contributed by atoms with Crippen LogP contribution in [0.5, 0.6) is 0 Å². The Morgan fingerprint density at radius 2 is 1.34 bits per heavy atom. The summed E-state index contributed by atoms with van der Waals surface area (Å²) in [7, 11) is 0. The summed E-state index contributed by atoms with van der Waals surface area (Å²) >= 11 is 0. The number of fused-ring (bicyclic) bond motifs is 4. The second-order valence-electron chi connectivity index (χ2n) is 7.56. The van der Waals surface area contributed by atoms with Crippen molar-refractivity contribution >= 4 is 32.8 Å². The van der Waals surface area contributed by atoms with Gasteiger partial charge in [0.15, 0.2) is 0 Å². The number of hydrogen-bond donors (Lipinski definition) is 1. The number of H-pyrrole nitrogens is 1. The molecule has 0 spiro atoms. The minimum Gasteiger partial charge on any atom is -0.456 e. The van der Waals surface area contributed by atoms with Crippen LogP contribution in [-0.4, -0.2) is 4.98 Å². The minimum atomic E-state index is 0.927. The zero-order valence-electron chi connectivity index (χ0n) is 16.1. The molecule has 2 aromatic heterocycles. The van der Waals surface area contributed by atoms with Gasteiger partial charge < -0.3 is 9.40 Å². The van der Waals surface area contributed by atoms with Crippen molar-refractivity contribution in [3.05, 3.63) is 96.7 Å². The summed E-state index contributed by atoms with van der Waals surface area (Å²) in [6, 6.07) is 29.8. The highest BCUT2D eigenvalue weighted by Gasteiger charge is 2.13. The van der Waals surface area contributed by atoms with Gasteiger partial charge in [-0.05, 0) is 47.4 Å². The monoisotopic (exact) mass is 373 g/mol. The largest absolute Gasteiger partial charge is 0.456 e. The highest BCUT2D eigenvalue weighted by molar-refractivity contribution is 6.12. The van der Waals surface area contributed by atoms with Crippen LogP contribution in [0.2, 0.25) is 0 Å². The third kappa shape index (κ3) is 2.43. The first kappa shape index (κ1) is 16.2. The number of aryl methyl sites for hydroxylation is 1. The molecular formula is C27H19NO. The molecule has 2 nitrogen and oxygen atoms in total. The van der Waals surface area contributed by atoms with E-state index in [9.17, 15) is 0 Å². The van der Waals surface area contributed by atoms with E-state index in [1.54, 1.807) is 0 Å². The van der Waals surface area contributed by atoms with Gasteiger partial charge in [-0.15, -0.1) is 0 Å². The Kier molecular flexibility index (Phi) is 3.41. The lowest BCUT2D eigenvalue weighted by Gasteiger charge is -2.09. The normalized spacial score (nSPS) is 11.6. The summed E-state index contributed by atoms with van der Waals surface area (Å²) in [5.74, 6) is 0. The Morgan fingerprint density at radius 1 is 0.655 bits per heavy atom. The number of aromatic nitrogens is 1. The molecule has 0 saturated heterocycles. The van der Waals surface area contributed by atoms with Crippen molar-refractivity contribution in [2.75, 3.05) is 0 Å². The van der Waals surface area contributed by atoms with E-state index in [4.69, 9.17) is 4.42 Å². The molecule has 1 N–H and O–H groups in total. The van der Waals surface area contributed by atoms with E-state index < -0.39 is 0 Å². The molecular weight excluding hydrogens is 354 g/mol. The summed E-state index contributed by atoms with van der Waals surface area (Å²) in [5.41, 5.74) is 9.14. The van der Waals surface area contributed by atoms with E-state index in [2.05, 4.69) is 84.8 Å². The third-order valence-corrected chi connectivity index (χ3v) is 5.81. The molecule has 138 valence electrons. The molecule has 6 aromatic rings. The van der Waals surface area contributed by atoms with Crippen LogP contribution in [0.1, 0.15) is 5.56 Å². The quantitative estimate of drug-likeness (QED) is 0.331.